The molecule has 0 radical (unpaired) electrons. The molecule has 2 aromatic carbocycles. The first-order chi connectivity index (χ1) is 13.3. The molecule has 0 saturated carbocycles. The van der Waals surface area contributed by atoms with Gasteiger partial charge >= 0.3 is 0 Å². The van der Waals surface area contributed by atoms with E-state index in [1.165, 1.54) is 11.4 Å². The number of carbonyl (C=O) groups excluding carboxylic acids is 1. The highest BCUT2D eigenvalue weighted by atomic mass is 32.2. The molecule has 1 heterocycles. The van der Waals surface area contributed by atoms with Crippen LogP contribution in [0.25, 0.3) is 0 Å². The van der Waals surface area contributed by atoms with Crippen LogP contribution in [0.1, 0.15) is 16.7 Å². The standard InChI is InChI=1S/C21H26N2O4S/c1-16-13-19(27-3)20(14-17(16)2)28(25,26)23-11-9-22(10-12-23)21(24)15-18-7-5-4-6-8-18/h4-8,13-14H,9-12,15H2,1-3H3. The lowest BCUT2D eigenvalue weighted by Gasteiger charge is -2.34. The zero-order valence-electron chi connectivity index (χ0n) is 16.5. The number of benzene rings is 2. The Morgan fingerprint density at radius 3 is 2.21 bits per heavy atom. The van der Waals surface area contributed by atoms with Gasteiger partial charge < -0.3 is 9.64 Å². The fraction of sp³-hybridized carbons (Fsp3) is 0.381. The number of methoxy groups -OCH3 is 1. The Kier molecular flexibility index (Phi) is 6.05. The lowest BCUT2D eigenvalue weighted by molar-refractivity contribution is -0.131. The summed E-state index contributed by atoms with van der Waals surface area (Å²) in [5.41, 5.74) is 2.84. The highest BCUT2D eigenvalue weighted by Crippen LogP contribution is 2.30. The van der Waals surface area contributed by atoms with E-state index in [4.69, 9.17) is 4.74 Å². The van der Waals surface area contributed by atoms with Crippen molar-refractivity contribution >= 4 is 15.9 Å². The number of piperazine rings is 1. The van der Waals surface area contributed by atoms with Gasteiger partial charge in [-0.05, 0) is 42.7 Å². The number of nitrogens with zero attached hydrogens (tertiary/aromatic N) is 2. The lowest BCUT2D eigenvalue weighted by Crippen LogP contribution is -2.50. The molecule has 0 bridgehead atoms. The Bertz CT molecular complexity index is 950. The summed E-state index contributed by atoms with van der Waals surface area (Å²) >= 11 is 0. The monoisotopic (exact) mass is 402 g/mol. The topological polar surface area (TPSA) is 66.9 Å². The van der Waals surface area contributed by atoms with Crippen molar-refractivity contribution in [2.24, 2.45) is 0 Å². The number of aryl methyl sites for hydroxylation is 2. The Labute approximate surface area is 166 Å². The van der Waals surface area contributed by atoms with Gasteiger partial charge in [-0.15, -0.1) is 0 Å². The Morgan fingerprint density at radius 2 is 1.61 bits per heavy atom. The molecule has 1 saturated heterocycles. The van der Waals surface area contributed by atoms with Crippen LogP contribution in [0.5, 0.6) is 5.75 Å². The fourth-order valence-electron chi connectivity index (χ4n) is 3.32. The summed E-state index contributed by atoms with van der Waals surface area (Å²) in [5, 5.41) is 0. The van der Waals surface area contributed by atoms with Gasteiger partial charge in [0, 0.05) is 26.2 Å². The molecule has 6 nitrogen and oxygen atoms in total. The van der Waals surface area contributed by atoms with Crippen LogP contribution >= 0.6 is 0 Å². The highest BCUT2D eigenvalue weighted by Gasteiger charge is 2.32. The first-order valence-corrected chi connectivity index (χ1v) is 10.7. The molecule has 0 unspecified atom stereocenters. The van der Waals surface area contributed by atoms with Gasteiger partial charge in [-0.2, -0.15) is 4.31 Å². The second-order valence-corrected chi connectivity index (χ2v) is 8.94. The summed E-state index contributed by atoms with van der Waals surface area (Å²) in [6, 6.07) is 13.0. The van der Waals surface area contributed by atoms with Crippen molar-refractivity contribution in [3.05, 3.63) is 59.2 Å². The van der Waals surface area contributed by atoms with E-state index in [2.05, 4.69) is 0 Å². The van der Waals surface area contributed by atoms with Crippen LogP contribution in [0.4, 0.5) is 0 Å². The maximum atomic E-state index is 13.1. The minimum Gasteiger partial charge on any atom is -0.495 e. The molecule has 1 fully saturated rings. The molecule has 0 aliphatic carbocycles. The summed E-state index contributed by atoms with van der Waals surface area (Å²) in [7, 11) is -2.21. The third-order valence-electron chi connectivity index (χ3n) is 5.19. The van der Waals surface area contributed by atoms with Gasteiger partial charge in [-0.25, -0.2) is 8.42 Å². The van der Waals surface area contributed by atoms with Gasteiger partial charge in [-0.3, -0.25) is 4.79 Å². The van der Waals surface area contributed by atoms with E-state index in [0.717, 1.165) is 16.7 Å². The third-order valence-corrected chi connectivity index (χ3v) is 7.11. The predicted molar refractivity (Wildman–Crippen MR) is 108 cm³/mol. The molecular formula is C21H26N2O4S. The minimum atomic E-state index is -3.68. The molecule has 3 rings (SSSR count). The van der Waals surface area contributed by atoms with Crippen LogP contribution in [-0.4, -0.2) is 56.8 Å². The Morgan fingerprint density at radius 1 is 1.00 bits per heavy atom. The average molecular weight is 403 g/mol. The quantitative estimate of drug-likeness (QED) is 0.770. The van der Waals surface area contributed by atoms with Crippen LogP contribution in [0.2, 0.25) is 0 Å². The number of rotatable bonds is 5. The minimum absolute atomic E-state index is 0.0204. The Balaban J connectivity index is 1.70. The summed E-state index contributed by atoms with van der Waals surface area (Å²) < 4.78 is 33.0. The first-order valence-electron chi connectivity index (χ1n) is 9.30. The molecule has 1 aliphatic heterocycles. The summed E-state index contributed by atoms with van der Waals surface area (Å²) in [4.78, 5) is 14.4. The van der Waals surface area contributed by atoms with Gasteiger partial charge in [-0.1, -0.05) is 30.3 Å². The van der Waals surface area contributed by atoms with Gasteiger partial charge in [0.25, 0.3) is 0 Å². The molecule has 150 valence electrons. The number of ether oxygens (including phenoxy) is 1. The Hall–Kier alpha value is -2.38. The molecule has 1 amide bonds. The maximum Gasteiger partial charge on any atom is 0.246 e. The van der Waals surface area contributed by atoms with Crippen LogP contribution in [-0.2, 0) is 21.2 Å². The van der Waals surface area contributed by atoms with Gasteiger partial charge in [0.05, 0.1) is 13.5 Å². The smallest absolute Gasteiger partial charge is 0.246 e. The molecule has 0 aromatic heterocycles. The van der Waals surface area contributed by atoms with E-state index in [-0.39, 0.29) is 23.9 Å². The van der Waals surface area contributed by atoms with E-state index in [9.17, 15) is 13.2 Å². The van der Waals surface area contributed by atoms with Crippen molar-refractivity contribution in [2.45, 2.75) is 25.2 Å². The molecule has 0 spiro atoms. The third kappa shape index (κ3) is 4.20. The number of amides is 1. The summed E-state index contributed by atoms with van der Waals surface area (Å²) in [6.45, 7) is 5.13. The maximum absolute atomic E-state index is 13.1. The van der Waals surface area contributed by atoms with Crippen molar-refractivity contribution in [3.63, 3.8) is 0 Å². The summed E-state index contributed by atoms with van der Waals surface area (Å²) in [5.74, 6) is 0.373. The molecular weight excluding hydrogens is 376 g/mol. The van der Waals surface area contributed by atoms with E-state index in [1.807, 2.05) is 44.2 Å². The van der Waals surface area contributed by atoms with Crippen LogP contribution < -0.4 is 4.74 Å². The van der Waals surface area contributed by atoms with E-state index < -0.39 is 10.0 Å². The van der Waals surface area contributed by atoms with Gasteiger partial charge in [0.15, 0.2) is 0 Å². The largest absolute Gasteiger partial charge is 0.495 e. The van der Waals surface area contributed by atoms with Crippen LogP contribution in [0.15, 0.2) is 47.4 Å². The second-order valence-electron chi connectivity index (χ2n) is 7.03. The number of carbonyl (C=O) groups is 1. The molecule has 2 aromatic rings. The van der Waals surface area contributed by atoms with Crippen LogP contribution in [0.3, 0.4) is 0 Å². The molecule has 7 heteroatoms. The predicted octanol–water partition coefficient (Wildman–Crippen LogP) is 2.39. The summed E-state index contributed by atoms with van der Waals surface area (Å²) in [6.07, 6.45) is 0.332. The van der Waals surface area contributed by atoms with E-state index >= 15 is 0 Å². The normalized spacial score (nSPS) is 15.5. The molecule has 0 N–H and O–H groups in total. The zero-order chi connectivity index (χ0) is 20.3. The van der Waals surface area contributed by atoms with Crippen molar-refractivity contribution in [2.75, 3.05) is 33.3 Å². The van der Waals surface area contributed by atoms with E-state index in [1.54, 1.807) is 17.0 Å². The number of sulfonamides is 1. The number of hydrogen-bond donors (Lipinski definition) is 0. The van der Waals surface area contributed by atoms with Gasteiger partial charge in [0.1, 0.15) is 10.6 Å². The van der Waals surface area contributed by atoms with Crippen molar-refractivity contribution < 1.29 is 17.9 Å². The van der Waals surface area contributed by atoms with E-state index in [0.29, 0.717) is 25.3 Å². The van der Waals surface area contributed by atoms with Gasteiger partial charge in [0.2, 0.25) is 15.9 Å². The van der Waals surface area contributed by atoms with Crippen molar-refractivity contribution in [1.29, 1.82) is 0 Å². The van der Waals surface area contributed by atoms with Crippen LogP contribution in [0, 0.1) is 13.8 Å². The molecule has 28 heavy (non-hydrogen) atoms. The second kappa shape index (κ2) is 8.32. The van der Waals surface area contributed by atoms with Crippen molar-refractivity contribution in [1.82, 2.24) is 9.21 Å². The zero-order valence-corrected chi connectivity index (χ0v) is 17.3. The highest BCUT2D eigenvalue weighted by molar-refractivity contribution is 7.89. The van der Waals surface area contributed by atoms with Crippen molar-refractivity contribution in [3.8, 4) is 5.75 Å². The lowest BCUT2D eigenvalue weighted by atomic mass is 10.1. The molecule has 0 atom stereocenters. The first kappa shape index (κ1) is 20.4. The number of hydrogen-bond acceptors (Lipinski definition) is 4. The SMILES string of the molecule is COc1cc(C)c(C)cc1S(=O)(=O)N1CCN(C(=O)Cc2ccccc2)CC1. The molecule has 1 aliphatic rings. The average Bonchev–Trinajstić information content (AvgIpc) is 2.70. The fourth-order valence-corrected chi connectivity index (χ4v) is 4.97.